The number of benzene rings is 1. The Balaban J connectivity index is 1.82. The van der Waals surface area contributed by atoms with Crippen LogP contribution in [-0.2, 0) is 6.42 Å². The number of hydrogen-bond donors (Lipinski definition) is 1. The van der Waals surface area contributed by atoms with E-state index in [0.717, 1.165) is 30.6 Å². The first-order valence-corrected chi connectivity index (χ1v) is 5.51. The Bertz CT molecular complexity index is 485. The average molecular weight is 214 g/mol. The summed E-state index contributed by atoms with van der Waals surface area (Å²) in [5, 5.41) is 8.26. The van der Waals surface area contributed by atoms with Crippen molar-refractivity contribution in [3.63, 3.8) is 0 Å². The fourth-order valence-electron chi connectivity index (χ4n) is 1.78. The molecule has 1 fully saturated rings. The van der Waals surface area contributed by atoms with Crippen molar-refractivity contribution in [1.29, 1.82) is 0 Å². The Morgan fingerprint density at radius 2 is 2.00 bits per heavy atom. The molecule has 0 aliphatic heterocycles. The number of hydrogen-bond acceptors (Lipinski definition) is 3. The fraction of sp³-hybridized carbons (Fsp3) is 0.333. The molecule has 1 aliphatic carbocycles. The minimum atomic E-state index is -0.00243. The smallest absolute Gasteiger partial charge is 0.0850 e. The third-order valence-corrected chi connectivity index (χ3v) is 2.99. The molecule has 1 aromatic carbocycles. The first-order chi connectivity index (χ1) is 7.75. The van der Waals surface area contributed by atoms with Crippen LogP contribution in [0.15, 0.2) is 36.5 Å². The Labute approximate surface area is 94.1 Å². The van der Waals surface area contributed by atoms with E-state index < -0.39 is 0 Å². The zero-order chi connectivity index (χ0) is 11.0. The summed E-state index contributed by atoms with van der Waals surface area (Å²) in [7, 11) is 0. The fourth-order valence-corrected chi connectivity index (χ4v) is 1.78. The number of rotatable bonds is 3. The maximum atomic E-state index is 6.05. The Morgan fingerprint density at radius 1 is 1.25 bits per heavy atom. The van der Waals surface area contributed by atoms with Gasteiger partial charge in [-0.3, -0.25) is 0 Å². The Hall–Kier alpha value is -1.68. The summed E-state index contributed by atoms with van der Waals surface area (Å²) < 4.78 is 1.79. The summed E-state index contributed by atoms with van der Waals surface area (Å²) >= 11 is 0. The molecule has 82 valence electrons. The van der Waals surface area contributed by atoms with Gasteiger partial charge in [0.1, 0.15) is 0 Å². The van der Waals surface area contributed by atoms with Crippen molar-refractivity contribution in [3.8, 4) is 5.69 Å². The van der Waals surface area contributed by atoms with E-state index in [0.29, 0.717) is 0 Å². The third kappa shape index (κ3) is 1.84. The second kappa shape index (κ2) is 3.42. The largest absolute Gasteiger partial charge is 0.325 e. The van der Waals surface area contributed by atoms with Crippen LogP contribution in [-0.4, -0.2) is 20.5 Å². The van der Waals surface area contributed by atoms with E-state index >= 15 is 0 Å². The molecular formula is C12H14N4. The predicted molar refractivity (Wildman–Crippen MR) is 61.2 cm³/mol. The lowest BCUT2D eigenvalue weighted by Gasteiger charge is -2.03. The summed E-state index contributed by atoms with van der Waals surface area (Å²) in [5.41, 5.74) is 8.05. The van der Waals surface area contributed by atoms with E-state index in [9.17, 15) is 0 Å². The van der Waals surface area contributed by atoms with Gasteiger partial charge in [-0.25, -0.2) is 4.68 Å². The van der Waals surface area contributed by atoms with Crippen molar-refractivity contribution in [3.05, 3.63) is 42.2 Å². The molecule has 0 amide bonds. The van der Waals surface area contributed by atoms with E-state index in [1.807, 2.05) is 36.5 Å². The summed E-state index contributed by atoms with van der Waals surface area (Å²) in [6, 6.07) is 9.98. The van der Waals surface area contributed by atoms with E-state index in [4.69, 9.17) is 5.73 Å². The molecule has 0 atom stereocenters. The van der Waals surface area contributed by atoms with Gasteiger partial charge < -0.3 is 5.73 Å². The van der Waals surface area contributed by atoms with Gasteiger partial charge in [-0.1, -0.05) is 23.4 Å². The van der Waals surface area contributed by atoms with Gasteiger partial charge in [-0.2, -0.15) is 0 Å². The van der Waals surface area contributed by atoms with Crippen molar-refractivity contribution in [2.24, 2.45) is 5.73 Å². The molecule has 0 unspecified atom stereocenters. The standard InChI is InChI=1S/C12H14N4/c13-12(6-7-12)8-10-9-16(15-14-10)11-4-2-1-3-5-11/h1-5,9H,6-8,13H2. The molecular weight excluding hydrogens is 200 g/mol. The number of nitrogens with two attached hydrogens (primary N) is 1. The normalized spacial score (nSPS) is 17.3. The lowest BCUT2D eigenvalue weighted by molar-refractivity contribution is 0.657. The molecule has 0 spiro atoms. The van der Waals surface area contributed by atoms with E-state index in [2.05, 4.69) is 10.3 Å². The molecule has 1 aromatic heterocycles. The number of aromatic nitrogens is 3. The third-order valence-electron chi connectivity index (χ3n) is 2.99. The van der Waals surface area contributed by atoms with Crippen LogP contribution in [0.4, 0.5) is 0 Å². The molecule has 2 aromatic rings. The summed E-state index contributed by atoms with van der Waals surface area (Å²) in [6.07, 6.45) is 5.00. The highest BCUT2D eigenvalue weighted by Gasteiger charge is 2.38. The minimum absolute atomic E-state index is 0.00243. The van der Waals surface area contributed by atoms with Crippen molar-refractivity contribution in [1.82, 2.24) is 15.0 Å². The quantitative estimate of drug-likeness (QED) is 0.837. The molecule has 2 N–H and O–H groups in total. The summed E-state index contributed by atoms with van der Waals surface area (Å²) in [6.45, 7) is 0. The molecule has 1 heterocycles. The molecule has 4 nitrogen and oxygen atoms in total. The average Bonchev–Trinajstić information content (AvgIpc) is 2.86. The molecule has 0 saturated heterocycles. The second-order valence-electron chi connectivity index (χ2n) is 4.53. The highest BCUT2D eigenvalue weighted by molar-refractivity contribution is 5.30. The second-order valence-corrected chi connectivity index (χ2v) is 4.53. The Morgan fingerprint density at radius 3 is 2.69 bits per heavy atom. The van der Waals surface area contributed by atoms with Crippen LogP contribution in [0.2, 0.25) is 0 Å². The first-order valence-electron chi connectivity index (χ1n) is 5.51. The zero-order valence-electron chi connectivity index (χ0n) is 9.00. The number of nitrogens with zero attached hydrogens (tertiary/aromatic N) is 3. The van der Waals surface area contributed by atoms with Crippen LogP contribution in [0.3, 0.4) is 0 Å². The van der Waals surface area contributed by atoms with E-state index in [1.165, 1.54) is 0 Å². The van der Waals surface area contributed by atoms with Gasteiger partial charge >= 0.3 is 0 Å². The molecule has 0 bridgehead atoms. The van der Waals surface area contributed by atoms with Crippen LogP contribution < -0.4 is 5.73 Å². The van der Waals surface area contributed by atoms with E-state index in [1.54, 1.807) is 4.68 Å². The van der Waals surface area contributed by atoms with Crippen LogP contribution in [0.5, 0.6) is 0 Å². The van der Waals surface area contributed by atoms with Crippen LogP contribution in [0.1, 0.15) is 18.5 Å². The topological polar surface area (TPSA) is 56.7 Å². The molecule has 16 heavy (non-hydrogen) atoms. The molecule has 3 rings (SSSR count). The maximum Gasteiger partial charge on any atom is 0.0850 e. The molecule has 1 aliphatic rings. The maximum absolute atomic E-state index is 6.05. The van der Waals surface area contributed by atoms with Gasteiger partial charge in [0, 0.05) is 12.0 Å². The number of para-hydroxylation sites is 1. The van der Waals surface area contributed by atoms with Crippen LogP contribution in [0, 0.1) is 0 Å². The highest BCUT2D eigenvalue weighted by atomic mass is 15.4. The summed E-state index contributed by atoms with van der Waals surface area (Å²) in [4.78, 5) is 0. The molecule has 4 heteroatoms. The van der Waals surface area contributed by atoms with Crippen LogP contribution in [0.25, 0.3) is 5.69 Å². The van der Waals surface area contributed by atoms with Crippen molar-refractivity contribution < 1.29 is 0 Å². The summed E-state index contributed by atoms with van der Waals surface area (Å²) in [5.74, 6) is 0. The minimum Gasteiger partial charge on any atom is -0.325 e. The van der Waals surface area contributed by atoms with Gasteiger partial charge in [-0.15, -0.1) is 5.10 Å². The predicted octanol–water partition coefficient (Wildman–Crippen LogP) is 1.30. The monoisotopic (exact) mass is 214 g/mol. The van der Waals surface area contributed by atoms with Crippen molar-refractivity contribution in [2.75, 3.05) is 0 Å². The molecule has 1 saturated carbocycles. The Kier molecular flexibility index (Phi) is 2.04. The zero-order valence-corrected chi connectivity index (χ0v) is 9.00. The van der Waals surface area contributed by atoms with Gasteiger partial charge in [-0.05, 0) is 25.0 Å². The van der Waals surface area contributed by atoms with Gasteiger partial charge in [0.05, 0.1) is 17.6 Å². The van der Waals surface area contributed by atoms with Crippen molar-refractivity contribution in [2.45, 2.75) is 24.8 Å². The van der Waals surface area contributed by atoms with Gasteiger partial charge in [0.2, 0.25) is 0 Å². The molecule has 0 radical (unpaired) electrons. The van der Waals surface area contributed by atoms with Gasteiger partial charge in [0.25, 0.3) is 0 Å². The van der Waals surface area contributed by atoms with E-state index in [-0.39, 0.29) is 5.54 Å². The lowest BCUT2D eigenvalue weighted by atomic mass is 10.1. The lowest BCUT2D eigenvalue weighted by Crippen LogP contribution is -2.24. The SMILES string of the molecule is NC1(Cc2cn(-c3ccccc3)nn2)CC1. The first kappa shape index (κ1) is 9.54. The van der Waals surface area contributed by atoms with Crippen LogP contribution >= 0.6 is 0 Å². The van der Waals surface area contributed by atoms with Crippen molar-refractivity contribution >= 4 is 0 Å². The van der Waals surface area contributed by atoms with Gasteiger partial charge in [0.15, 0.2) is 0 Å². The highest BCUT2D eigenvalue weighted by Crippen LogP contribution is 2.35.